The van der Waals surface area contributed by atoms with E-state index in [9.17, 15) is 32.3 Å². The standard InChI is InChI=1S/C17H14F4N2O4/c1-17(26,16(20)21)13(15(25)23-27)22-14(24)11-8-6-10(7-9-11)4-2-3-5-12(18)19/h6-9,12-13,16,26-27H,1H3,(H,22,24)(H,23,25)/t13-,17+/m1/s1. The SMILES string of the molecule is C[C@@](O)(C(F)F)[C@H](NC(=O)c1ccc(C#CC#CC(F)F)cc1)C(=O)NO. The van der Waals surface area contributed by atoms with E-state index in [1.54, 1.807) is 5.92 Å². The molecule has 4 N–H and O–H groups in total. The highest BCUT2D eigenvalue weighted by Crippen LogP contribution is 2.20. The summed E-state index contributed by atoms with van der Waals surface area (Å²) in [5, 5.41) is 20.3. The lowest BCUT2D eigenvalue weighted by atomic mass is 9.95. The summed E-state index contributed by atoms with van der Waals surface area (Å²) >= 11 is 0. The highest BCUT2D eigenvalue weighted by Gasteiger charge is 2.46. The van der Waals surface area contributed by atoms with E-state index in [0.717, 1.165) is 5.48 Å². The van der Waals surface area contributed by atoms with Crippen LogP contribution in [0.15, 0.2) is 24.3 Å². The van der Waals surface area contributed by atoms with Crippen LogP contribution in [0.25, 0.3) is 0 Å². The molecule has 0 unspecified atom stereocenters. The van der Waals surface area contributed by atoms with Crippen molar-refractivity contribution in [2.75, 3.05) is 0 Å². The van der Waals surface area contributed by atoms with Crippen molar-refractivity contribution in [2.45, 2.75) is 31.4 Å². The van der Waals surface area contributed by atoms with Crippen LogP contribution in [0.5, 0.6) is 0 Å². The van der Waals surface area contributed by atoms with Crippen LogP contribution in [0.2, 0.25) is 0 Å². The summed E-state index contributed by atoms with van der Waals surface area (Å²) in [4.78, 5) is 23.6. The molecular weight excluding hydrogens is 372 g/mol. The third-order valence-electron chi connectivity index (χ3n) is 3.27. The van der Waals surface area contributed by atoms with Gasteiger partial charge in [0.1, 0.15) is 6.04 Å². The lowest BCUT2D eigenvalue weighted by Gasteiger charge is -2.30. The van der Waals surface area contributed by atoms with Crippen LogP contribution >= 0.6 is 0 Å². The number of hydrogen-bond donors (Lipinski definition) is 4. The molecule has 1 aromatic carbocycles. The molecule has 0 saturated carbocycles. The van der Waals surface area contributed by atoms with Gasteiger partial charge in [0, 0.05) is 11.1 Å². The summed E-state index contributed by atoms with van der Waals surface area (Å²) in [7, 11) is 0. The van der Waals surface area contributed by atoms with Crippen LogP contribution in [0, 0.1) is 23.7 Å². The number of amides is 2. The van der Waals surface area contributed by atoms with Gasteiger partial charge in [0.15, 0.2) is 5.60 Å². The zero-order valence-corrected chi connectivity index (χ0v) is 13.8. The van der Waals surface area contributed by atoms with Crippen molar-refractivity contribution in [2.24, 2.45) is 0 Å². The molecule has 10 heteroatoms. The zero-order chi connectivity index (χ0) is 20.6. The minimum atomic E-state index is -3.40. The average Bonchev–Trinajstić information content (AvgIpc) is 2.62. The Morgan fingerprint density at radius 1 is 1.11 bits per heavy atom. The van der Waals surface area contributed by atoms with E-state index in [1.807, 2.05) is 11.2 Å². The predicted octanol–water partition coefficient (Wildman–Crippen LogP) is 0.927. The molecule has 0 saturated heterocycles. The third-order valence-corrected chi connectivity index (χ3v) is 3.27. The monoisotopic (exact) mass is 386 g/mol. The number of benzene rings is 1. The van der Waals surface area contributed by atoms with Gasteiger partial charge in [-0.2, -0.15) is 8.78 Å². The number of nitrogens with one attached hydrogen (secondary N) is 2. The topological polar surface area (TPSA) is 98.7 Å². The van der Waals surface area contributed by atoms with Crippen LogP contribution in [0.1, 0.15) is 22.8 Å². The van der Waals surface area contributed by atoms with E-state index in [-0.39, 0.29) is 5.56 Å². The maximum Gasteiger partial charge on any atom is 0.299 e. The molecule has 1 rings (SSSR count). The number of rotatable bonds is 5. The van der Waals surface area contributed by atoms with Crippen LogP contribution in [-0.2, 0) is 4.79 Å². The minimum absolute atomic E-state index is 0.0694. The molecule has 1 aromatic rings. The molecule has 27 heavy (non-hydrogen) atoms. The van der Waals surface area contributed by atoms with Crippen LogP contribution in [-0.4, -0.2) is 46.6 Å². The van der Waals surface area contributed by atoms with Crippen molar-refractivity contribution in [1.82, 2.24) is 10.8 Å². The minimum Gasteiger partial charge on any atom is -0.381 e. The second-order valence-electron chi connectivity index (χ2n) is 5.31. The van der Waals surface area contributed by atoms with E-state index < -0.39 is 36.3 Å². The fourth-order valence-electron chi connectivity index (χ4n) is 1.78. The number of halogens is 4. The van der Waals surface area contributed by atoms with Gasteiger partial charge in [-0.1, -0.05) is 5.92 Å². The van der Waals surface area contributed by atoms with E-state index in [4.69, 9.17) is 5.21 Å². The molecule has 0 bridgehead atoms. The average molecular weight is 386 g/mol. The zero-order valence-electron chi connectivity index (χ0n) is 13.8. The Kier molecular flexibility index (Phi) is 7.79. The molecule has 0 spiro atoms. The third kappa shape index (κ3) is 6.29. The molecule has 6 nitrogen and oxygen atoms in total. The Bertz CT molecular complexity index is 802. The molecule has 2 amide bonds. The van der Waals surface area contributed by atoms with E-state index in [1.165, 1.54) is 24.3 Å². The van der Waals surface area contributed by atoms with Gasteiger partial charge < -0.3 is 10.4 Å². The smallest absolute Gasteiger partial charge is 0.299 e. The van der Waals surface area contributed by atoms with Gasteiger partial charge in [-0.05, 0) is 49.0 Å². The Hall–Kier alpha value is -3.08. The quantitative estimate of drug-likeness (QED) is 0.262. The second-order valence-corrected chi connectivity index (χ2v) is 5.31. The summed E-state index contributed by atoms with van der Waals surface area (Å²) < 4.78 is 49.5. The van der Waals surface area contributed by atoms with E-state index >= 15 is 0 Å². The Morgan fingerprint density at radius 2 is 1.70 bits per heavy atom. The van der Waals surface area contributed by atoms with Crippen molar-refractivity contribution in [1.29, 1.82) is 0 Å². The van der Waals surface area contributed by atoms with Crippen LogP contribution in [0.4, 0.5) is 17.6 Å². The maximum atomic E-state index is 12.9. The van der Waals surface area contributed by atoms with E-state index in [2.05, 4.69) is 11.8 Å². The first-order valence-electron chi connectivity index (χ1n) is 7.24. The van der Waals surface area contributed by atoms with Gasteiger partial charge >= 0.3 is 0 Å². The van der Waals surface area contributed by atoms with Crippen molar-refractivity contribution >= 4 is 11.8 Å². The first-order chi connectivity index (χ1) is 12.6. The number of hydrogen-bond acceptors (Lipinski definition) is 4. The number of aliphatic hydroxyl groups is 1. The lowest BCUT2D eigenvalue weighted by Crippen LogP contribution is -2.61. The molecular formula is C17H14F4N2O4. The first-order valence-corrected chi connectivity index (χ1v) is 7.24. The molecule has 2 atom stereocenters. The van der Waals surface area contributed by atoms with Gasteiger partial charge in [0.2, 0.25) is 0 Å². The molecule has 0 heterocycles. The molecule has 0 aliphatic rings. The lowest BCUT2D eigenvalue weighted by molar-refractivity contribution is -0.149. The summed E-state index contributed by atoms with van der Waals surface area (Å²) in [5.41, 5.74) is -1.59. The van der Waals surface area contributed by atoms with Gasteiger partial charge in [0.05, 0.1) is 0 Å². The number of alkyl halides is 4. The number of hydroxylamine groups is 1. The number of carbonyl (C=O) groups excluding carboxylic acids is 2. The molecule has 0 radical (unpaired) electrons. The Morgan fingerprint density at radius 3 is 2.19 bits per heavy atom. The summed E-state index contributed by atoms with van der Waals surface area (Å²) in [5.74, 6) is 5.68. The molecule has 0 aromatic heterocycles. The molecule has 0 aliphatic heterocycles. The summed E-state index contributed by atoms with van der Waals surface area (Å²) in [6, 6.07) is 2.98. The fraction of sp³-hybridized carbons (Fsp3) is 0.294. The van der Waals surface area contributed by atoms with Crippen molar-refractivity contribution in [3.63, 3.8) is 0 Å². The second kappa shape index (κ2) is 9.57. The maximum absolute atomic E-state index is 12.9. The van der Waals surface area contributed by atoms with Crippen LogP contribution < -0.4 is 10.8 Å². The molecule has 0 aliphatic carbocycles. The highest BCUT2D eigenvalue weighted by atomic mass is 19.3. The Balaban J connectivity index is 2.95. The Labute approximate surface area is 151 Å². The normalized spacial score (nSPS) is 13.5. The van der Waals surface area contributed by atoms with Crippen molar-refractivity contribution in [3.05, 3.63) is 35.4 Å². The predicted molar refractivity (Wildman–Crippen MR) is 84.9 cm³/mol. The van der Waals surface area contributed by atoms with Gasteiger partial charge in [-0.15, -0.1) is 0 Å². The molecule has 0 fully saturated rings. The van der Waals surface area contributed by atoms with Gasteiger partial charge in [-0.25, -0.2) is 14.3 Å². The van der Waals surface area contributed by atoms with Crippen molar-refractivity contribution < 1.29 is 37.5 Å². The highest BCUT2D eigenvalue weighted by molar-refractivity contribution is 5.97. The summed E-state index contributed by atoms with van der Waals surface area (Å²) in [6.45, 7) is 0.622. The summed E-state index contributed by atoms with van der Waals surface area (Å²) in [6.07, 6.45) is -6.20. The first kappa shape index (κ1) is 22.0. The van der Waals surface area contributed by atoms with Gasteiger partial charge in [0.25, 0.3) is 24.7 Å². The largest absolute Gasteiger partial charge is 0.381 e. The fourth-order valence-corrected chi connectivity index (χ4v) is 1.78. The van der Waals surface area contributed by atoms with Crippen molar-refractivity contribution in [3.8, 4) is 23.7 Å². The van der Waals surface area contributed by atoms with E-state index in [0.29, 0.717) is 12.5 Å². The van der Waals surface area contributed by atoms with Gasteiger partial charge in [-0.3, -0.25) is 14.8 Å². The number of carbonyl (C=O) groups is 2. The van der Waals surface area contributed by atoms with Crippen LogP contribution in [0.3, 0.4) is 0 Å². The molecule has 144 valence electrons.